The van der Waals surface area contributed by atoms with Crippen molar-refractivity contribution < 1.29 is 23.8 Å². The van der Waals surface area contributed by atoms with Crippen molar-refractivity contribution in [3.63, 3.8) is 0 Å². The van der Waals surface area contributed by atoms with Gasteiger partial charge in [0.15, 0.2) is 0 Å². The van der Waals surface area contributed by atoms with Gasteiger partial charge in [-0.15, -0.1) is 0 Å². The standard InChI is InChI=1S/4ClH.Nb.2H2O/h4*1H;;2*1H2/q;;;;+4;;/p-4. The van der Waals surface area contributed by atoms with Gasteiger partial charge in [0, 0.05) is 0 Å². The van der Waals surface area contributed by atoms with E-state index in [0.29, 0.717) is 0 Å². The van der Waals surface area contributed by atoms with Gasteiger partial charge in [-0.1, -0.05) is 0 Å². The van der Waals surface area contributed by atoms with Crippen molar-refractivity contribution in [3.05, 3.63) is 0 Å². The van der Waals surface area contributed by atoms with Gasteiger partial charge in [0.2, 0.25) is 0 Å². The van der Waals surface area contributed by atoms with Crippen LogP contribution in [0.15, 0.2) is 0 Å². The number of rotatable bonds is 0. The summed E-state index contributed by atoms with van der Waals surface area (Å²) in [5, 5.41) is 0. The first-order valence-corrected chi connectivity index (χ1v) is 12.0. The van der Waals surface area contributed by atoms with E-state index >= 15 is 0 Å². The van der Waals surface area contributed by atoms with Gasteiger partial charge in [0.25, 0.3) is 0 Å². The third-order valence-corrected chi connectivity index (χ3v) is 0. The summed E-state index contributed by atoms with van der Waals surface area (Å²) in [6, 6.07) is 0. The third kappa shape index (κ3) is 80.0. The fraction of sp³-hybridized carbons (Fsp3) is 0. The molecule has 0 heterocycles. The zero-order valence-corrected chi connectivity index (χ0v) is 8.18. The zero-order valence-electron chi connectivity index (χ0n) is 2.96. The molecule has 0 aliphatic heterocycles. The Morgan fingerprint density at radius 2 is 0.714 bits per heavy atom. The van der Waals surface area contributed by atoms with E-state index in [9.17, 15) is 0 Å². The first-order chi connectivity index (χ1) is 2.00. The fourth-order valence-corrected chi connectivity index (χ4v) is 0. The Balaban J connectivity index is -0.0000000800. The molecule has 0 amide bonds. The molecule has 49 valence electrons. The van der Waals surface area contributed by atoms with Gasteiger partial charge in [0.05, 0.1) is 0 Å². The summed E-state index contributed by atoms with van der Waals surface area (Å²) in [5.41, 5.74) is 0. The van der Waals surface area contributed by atoms with Gasteiger partial charge < -0.3 is 11.0 Å². The Morgan fingerprint density at radius 3 is 0.714 bits per heavy atom. The molecule has 0 atom stereocenters. The molecule has 0 saturated carbocycles. The van der Waals surface area contributed by atoms with Crippen LogP contribution in [0, 0.1) is 0 Å². The first kappa shape index (κ1) is 15.9. The Morgan fingerprint density at radius 1 is 0.714 bits per heavy atom. The van der Waals surface area contributed by atoms with Crippen molar-refractivity contribution in [2.24, 2.45) is 0 Å². The Hall–Kier alpha value is 1.82. The number of halogens is 4. The van der Waals surface area contributed by atoms with Crippen molar-refractivity contribution in [2.75, 3.05) is 0 Å². The van der Waals surface area contributed by atoms with Crippen LogP contribution in [-0.4, -0.2) is 11.0 Å². The van der Waals surface area contributed by atoms with Gasteiger partial charge >= 0.3 is 49.6 Å². The van der Waals surface area contributed by atoms with E-state index < -0.39 is 12.8 Å². The molecule has 7 heteroatoms. The Kier molecular flexibility index (Phi) is 13.5. The van der Waals surface area contributed by atoms with Crippen LogP contribution in [0.25, 0.3) is 0 Å². The Labute approximate surface area is 60.1 Å². The quantitative estimate of drug-likeness (QED) is 0.592. The second-order valence-electron chi connectivity index (χ2n) is 0.383. The average molecular weight is 271 g/mol. The van der Waals surface area contributed by atoms with Gasteiger partial charge in [-0.2, -0.15) is 0 Å². The van der Waals surface area contributed by atoms with Crippen LogP contribution in [0.5, 0.6) is 0 Å². The second-order valence-corrected chi connectivity index (χ2v) is 20.4. The minimum absolute atomic E-state index is 0. The third-order valence-electron chi connectivity index (χ3n) is 0. The van der Waals surface area contributed by atoms with E-state index in [1.54, 1.807) is 0 Å². The molecule has 4 N–H and O–H groups in total. The normalized spacial score (nSPS) is 8.57. The summed E-state index contributed by atoms with van der Waals surface area (Å²) in [5.74, 6) is 0. The van der Waals surface area contributed by atoms with E-state index in [0.717, 1.165) is 0 Å². The Bertz CT molecular complexity index is 25.2. The SMILES string of the molecule is O.O.[Cl][Nb]([Cl])([Cl])[Cl]. The molecule has 0 aromatic rings. The van der Waals surface area contributed by atoms with E-state index in [1.165, 1.54) is 0 Å². The molecule has 0 fully saturated rings. The molecular formula is H4Cl4NbO2. The molecule has 7 heavy (non-hydrogen) atoms. The summed E-state index contributed by atoms with van der Waals surface area (Å²) in [6.07, 6.45) is 0. The predicted octanol–water partition coefficient (Wildman–Crippen LogP) is 1.11. The van der Waals surface area contributed by atoms with Crippen molar-refractivity contribution in [2.45, 2.75) is 0 Å². The predicted molar refractivity (Wildman–Crippen MR) is 30.6 cm³/mol. The van der Waals surface area contributed by atoms with E-state index in [1.807, 2.05) is 0 Å². The molecule has 0 spiro atoms. The average Bonchev–Trinajstić information content (AvgIpc) is 0.722. The summed E-state index contributed by atoms with van der Waals surface area (Å²) < 4.78 is 0. The van der Waals surface area contributed by atoms with Crippen molar-refractivity contribution in [1.29, 1.82) is 0 Å². The molecule has 0 radical (unpaired) electrons. The topological polar surface area (TPSA) is 63.0 Å². The van der Waals surface area contributed by atoms with E-state index in [4.69, 9.17) is 36.8 Å². The van der Waals surface area contributed by atoms with E-state index in [-0.39, 0.29) is 11.0 Å². The van der Waals surface area contributed by atoms with Crippen molar-refractivity contribution in [1.82, 2.24) is 0 Å². The summed E-state index contributed by atoms with van der Waals surface area (Å²) in [4.78, 5) is 0. The van der Waals surface area contributed by atoms with Crippen LogP contribution >= 0.6 is 36.8 Å². The van der Waals surface area contributed by atoms with Crippen LogP contribution in [0.3, 0.4) is 0 Å². The van der Waals surface area contributed by atoms with Crippen LogP contribution < -0.4 is 0 Å². The maximum absolute atomic E-state index is 5.03. The fourth-order valence-electron chi connectivity index (χ4n) is 0. The van der Waals surface area contributed by atoms with Crippen molar-refractivity contribution >= 4 is 36.8 Å². The van der Waals surface area contributed by atoms with Crippen molar-refractivity contribution in [3.8, 4) is 0 Å². The summed E-state index contributed by atoms with van der Waals surface area (Å²) in [7, 11) is 20.1. The van der Waals surface area contributed by atoms with Crippen LogP contribution in [-0.2, 0) is 12.8 Å². The molecule has 2 nitrogen and oxygen atoms in total. The summed E-state index contributed by atoms with van der Waals surface area (Å²) in [6.45, 7) is 0. The van der Waals surface area contributed by atoms with Crippen LogP contribution in [0.1, 0.15) is 0 Å². The molecule has 0 aromatic carbocycles. The minimum atomic E-state index is -3.21. The maximum atomic E-state index is 5.03. The summed E-state index contributed by atoms with van der Waals surface area (Å²) >= 11 is -3.21. The number of hydrogen-bond donors (Lipinski definition) is 0. The molecule has 0 aliphatic rings. The van der Waals surface area contributed by atoms with Crippen LogP contribution in [0.2, 0.25) is 0 Å². The molecule has 0 bridgehead atoms. The van der Waals surface area contributed by atoms with Gasteiger partial charge in [0.1, 0.15) is 0 Å². The monoisotopic (exact) mass is 269 g/mol. The molecule has 0 aromatic heterocycles. The van der Waals surface area contributed by atoms with Crippen LogP contribution in [0.4, 0.5) is 0 Å². The molecule has 0 unspecified atom stereocenters. The van der Waals surface area contributed by atoms with Gasteiger partial charge in [-0.25, -0.2) is 0 Å². The van der Waals surface area contributed by atoms with E-state index in [2.05, 4.69) is 0 Å². The molecule has 0 saturated heterocycles. The molecule has 0 aliphatic carbocycles. The molecular weight excluding hydrogens is 267 g/mol. The first-order valence-electron chi connectivity index (χ1n) is 0.676. The van der Waals surface area contributed by atoms with Gasteiger partial charge in [-0.05, 0) is 0 Å². The second kappa shape index (κ2) is 5.95. The molecule has 0 rings (SSSR count). The zero-order chi connectivity index (χ0) is 4.50. The number of hydrogen-bond acceptors (Lipinski definition) is 0. The van der Waals surface area contributed by atoms with Gasteiger partial charge in [-0.3, -0.25) is 0 Å².